The molecule has 0 spiro atoms. The van der Waals surface area contributed by atoms with Gasteiger partial charge in [0.05, 0.1) is 0 Å². The summed E-state index contributed by atoms with van der Waals surface area (Å²) in [6.07, 6.45) is 6.24. The van der Waals surface area contributed by atoms with Gasteiger partial charge in [0.15, 0.2) is 0 Å². The van der Waals surface area contributed by atoms with Crippen LogP contribution in [0.3, 0.4) is 0 Å². The van der Waals surface area contributed by atoms with Gasteiger partial charge in [-0.25, -0.2) is 4.98 Å². The van der Waals surface area contributed by atoms with E-state index in [4.69, 9.17) is 0 Å². The van der Waals surface area contributed by atoms with E-state index in [-0.39, 0.29) is 5.91 Å². The number of benzene rings is 1. The summed E-state index contributed by atoms with van der Waals surface area (Å²) in [6.45, 7) is 6.28. The van der Waals surface area contributed by atoms with Crippen LogP contribution in [0.4, 0.5) is 0 Å². The third-order valence-electron chi connectivity index (χ3n) is 5.68. The molecule has 0 unspecified atom stereocenters. The molecular formula is C21H27N3OS. The summed E-state index contributed by atoms with van der Waals surface area (Å²) in [4.78, 5) is 22.1. The van der Waals surface area contributed by atoms with Crippen LogP contribution in [0.2, 0.25) is 0 Å². The van der Waals surface area contributed by atoms with Crippen LogP contribution >= 0.6 is 11.3 Å². The standard InChI is InChI=1S/C21H27N3OS/c1-16-5-7-17(8-6-16)20-22-19(15-26-20)21(25)24-13-9-18(10-14-24)23-11-3-2-4-12-23/h5-8,15,18H,2-4,9-14H2,1H3. The van der Waals surface area contributed by atoms with Crippen molar-refractivity contribution in [3.05, 3.63) is 40.9 Å². The number of hydrogen-bond acceptors (Lipinski definition) is 4. The quantitative estimate of drug-likeness (QED) is 0.813. The van der Waals surface area contributed by atoms with Crippen molar-refractivity contribution in [2.75, 3.05) is 26.2 Å². The zero-order valence-electron chi connectivity index (χ0n) is 15.5. The first kappa shape index (κ1) is 17.7. The molecule has 3 heterocycles. The Labute approximate surface area is 159 Å². The number of amides is 1. The Kier molecular flexibility index (Phi) is 5.36. The summed E-state index contributed by atoms with van der Waals surface area (Å²) in [5, 5.41) is 2.84. The van der Waals surface area contributed by atoms with Gasteiger partial charge in [-0.2, -0.15) is 0 Å². The van der Waals surface area contributed by atoms with Crippen molar-refractivity contribution >= 4 is 17.2 Å². The van der Waals surface area contributed by atoms with Crippen molar-refractivity contribution in [1.82, 2.24) is 14.8 Å². The largest absolute Gasteiger partial charge is 0.337 e. The summed E-state index contributed by atoms with van der Waals surface area (Å²) in [6, 6.07) is 8.99. The molecule has 0 atom stereocenters. The van der Waals surface area contributed by atoms with Crippen LogP contribution in [-0.2, 0) is 0 Å². The first-order valence-electron chi connectivity index (χ1n) is 9.76. The molecule has 2 aliphatic rings. The molecule has 0 bridgehead atoms. The average Bonchev–Trinajstić information content (AvgIpc) is 3.19. The van der Waals surface area contributed by atoms with Crippen LogP contribution in [0.1, 0.15) is 48.2 Å². The van der Waals surface area contributed by atoms with E-state index in [2.05, 4.69) is 41.1 Å². The molecule has 2 saturated heterocycles. The van der Waals surface area contributed by atoms with Gasteiger partial charge in [-0.1, -0.05) is 36.2 Å². The van der Waals surface area contributed by atoms with E-state index in [1.165, 1.54) is 37.9 Å². The van der Waals surface area contributed by atoms with Gasteiger partial charge in [0.1, 0.15) is 10.7 Å². The van der Waals surface area contributed by atoms with Crippen molar-refractivity contribution in [1.29, 1.82) is 0 Å². The fourth-order valence-corrected chi connectivity index (χ4v) is 4.88. The number of aromatic nitrogens is 1. The molecule has 1 aromatic heterocycles. The normalized spacial score (nSPS) is 19.7. The molecule has 26 heavy (non-hydrogen) atoms. The van der Waals surface area contributed by atoms with Gasteiger partial charge >= 0.3 is 0 Å². The molecule has 138 valence electrons. The van der Waals surface area contributed by atoms with E-state index in [1.807, 2.05) is 10.3 Å². The predicted molar refractivity (Wildman–Crippen MR) is 107 cm³/mol. The molecule has 2 fully saturated rings. The smallest absolute Gasteiger partial charge is 0.273 e. The maximum atomic E-state index is 12.8. The van der Waals surface area contributed by atoms with Crippen LogP contribution < -0.4 is 0 Å². The molecular weight excluding hydrogens is 342 g/mol. The van der Waals surface area contributed by atoms with Gasteiger partial charge in [-0.05, 0) is 45.7 Å². The van der Waals surface area contributed by atoms with Crippen molar-refractivity contribution < 1.29 is 4.79 Å². The third-order valence-corrected chi connectivity index (χ3v) is 6.57. The fraction of sp³-hybridized carbons (Fsp3) is 0.524. The number of carbonyl (C=O) groups is 1. The first-order chi connectivity index (χ1) is 12.7. The Morgan fingerprint density at radius 1 is 1.04 bits per heavy atom. The minimum Gasteiger partial charge on any atom is -0.337 e. The van der Waals surface area contributed by atoms with Gasteiger partial charge in [0.2, 0.25) is 0 Å². The third kappa shape index (κ3) is 3.84. The Morgan fingerprint density at radius 2 is 1.73 bits per heavy atom. The molecule has 5 heteroatoms. The molecule has 1 amide bonds. The van der Waals surface area contributed by atoms with Crippen LogP contribution in [0.5, 0.6) is 0 Å². The summed E-state index contributed by atoms with van der Waals surface area (Å²) in [7, 11) is 0. The van der Waals surface area contributed by atoms with Crippen LogP contribution in [-0.4, -0.2) is 52.9 Å². The summed E-state index contributed by atoms with van der Waals surface area (Å²) in [5.74, 6) is 0.0942. The van der Waals surface area contributed by atoms with Gasteiger partial charge in [-0.15, -0.1) is 11.3 Å². The lowest BCUT2D eigenvalue weighted by atomic mass is 10.00. The van der Waals surface area contributed by atoms with Gasteiger partial charge in [0, 0.05) is 30.1 Å². The summed E-state index contributed by atoms with van der Waals surface area (Å²) < 4.78 is 0. The number of likely N-dealkylation sites (tertiary alicyclic amines) is 2. The number of thiazole rings is 1. The highest BCUT2D eigenvalue weighted by molar-refractivity contribution is 7.13. The fourth-order valence-electron chi connectivity index (χ4n) is 4.08. The monoisotopic (exact) mass is 369 g/mol. The van der Waals surface area contributed by atoms with Crippen LogP contribution in [0.25, 0.3) is 10.6 Å². The number of piperidine rings is 2. The van der Waals surface area contributed by atoms with Crippen LogP contribution in [0.15, 0.2) is 29.6 Å². The molecule has 0 radical (unpaired) electrons. The second-order valence-corrected chi connectivity index (χ2v) is 8.38. The van der Waals surface area contributed by atoms with E-state index in [9.17, 15) is 4.79 Å². The molecule has 0 N–H and O–H groups in total. The van der Waals surface area contributed by atoms with Crippen molar-refractivity contribution in [3.63, 3.8) is 0 Å². The Bertz CT molecular complexity index is 741. The number of nitrogens with zero attached hydrogens (tertiary/aromatic N) is 3. The lowest BCUT2D eigenvalue weighted by Gasteiger charge is -2.40. The molecule has 2 aromatic rings. The van der Waals surface area contributed by atoms with E-state index in [0.29, 0.717) is 11.7 Å². The highest BCUT2D eigenvalue weighted by atomic mass is 32.1. The molecule has 0 saturated carbocycles. The zero-order chi connectivity index (χ0) is 17.9. The minimum atomic E-state index is 0.0942. The topological polar surface area (TPSA) is 36.4 Å². The SMILES string of the molecule is Cc1ccc(-c2nc(C(=O)N3CCC(N4CCCCC4)CC3)cs2)cc1. The lowest BCUT2D eigenvalue weighted by Crippen LogP contribution is -2.48. The lowest BCUT2D eigenvalue weighted by molar-refractivity contribution is 0.0585. The first-order valence-corrected chi connectivity index (χ1v) is 10.6. The number of rotatable bonds is 3. The van der Waals surface area contributed by atoms with Gasteiger partial charge in [0.25, 0.3) is 5.91 Å². The zero-order valence-corrected chi connectivity index (χ0v) is 16.3. The maximum Gasteiger partial charge on any atom is 0.273 e. The highest BCUT2D eigenvalue weighted by Gasteiger charge is 2.28. The Hall–Kier alpha value is -1.72. The number of carbonyl (C=O) groups excluding carboxylic acids is 1. The average molecular weight is 370 g/mol. The molecule has 0 aliphatic carbocycles. The van der Waals surface area contributed by atoms with Crippen LogP contribution in [0, 0.1) is 6.92 Å². The Balaban J connectivity index is 1.37. The van der Waals surface area contributed by atoms with Gasteiger partial charge in [-0.3, -0.25) is 4.79 Å². The van der Waals surface area contributed by atoms with Gasteiger partial charge < -0.3 is 9.80 Å². The molecule has 4 nitrogen and oxygen atoms in total. The van der Waals surface area contributed by atoms with E-state index < -0.39 is 0 Å². The van der Waals surface area contributed by atoms with E-state index in [0.717, 1.165) is 36.5 Å². The molecule has 1 aromatic carbocycles. The second-order valence-electron chi connectivity index (χ2n) is 7.52. The summed E-state index contributed by atoms with van der Waals surface area (Å²) in [5.41, 5.74) is 2.92. The van der Waals surface area contributed by atoms with Crippen molar-refractivity contribution in [3.8, 4) is 10.6 Å². The van der Waals surface area contributed by atoms with E-state index in [1.54, 1.807) is 11.3 Å². The minimum absolute atomic E-state index is 0.0942. The van der Waals surface area contributed by atoms with E-state index >= 15 is 0 Å². The number of aryl methyl sites for hydroxylation is 1. The summed E-state index contributed by atoms with van der Waals surface area (Å²) >= 11 is 1.56. The maximum absolute atomic E-state index is 12.8. The van der Waals surface area contributed by atoms with Crippen molar-refractivity contribution in [2.24, 2.45) is 0 Å². The number of hydrogen-bond donors (Lipinski definition) is 0. The Morgan fingerprint density at radius 3 is 2.42 bits per heavy atom. The highest BCUT2D eigenvalue weighted by Crippen LogP contribution is 2.26. The van der Waals surface area contributed by atoms with Crippen molar-refractivity contribution in [2.45, 2.75) is 45.1 Å². The molecule has 2 aliphatic heterocycles. The molecule has 4 rings (SSSR count). The second kappa shape index (κ2) is 7.89. The predicted octanol–water partition coefficient (Wildman–Crippen LogP) is 4.21.